The fraction of sp³-hybridized carbons (Fsp3) is 0.867. The predicted octanol–water partition coefficient (Wildman–Crippen LogP) is 3.73. The number of nitrogens with two attached hydrogens (primary N) is 1. The maximum Gasteiger partial charge on any atom is 0.246 e. The summed E-state index contributed by atoms with van der Waals surface area (Å²) in [6, 6.07) is 0. The third-order valence-corrected chi connectivity index (χ3v) is 7.97. The Morgan fingerprint density at radius 3 is 2.67 bits per heavy atom. The van der Waals surface area contributed by atoms with Gasteiger partial charge in [-0.25, -0.2) is 0 Å². The van der Waals surface area contributed by atoms with Crippen LogP contribution in [0.1, 0.15) is 62.9 Å². The zero-order valence-electron chi connectivity index (χ0n) is 12.9. The summed E-state index contributed by atoms with van der Waals surface area (Å²) in [6.45, 7) is 4.51. The van der Waals surface area contributed by atoms with Crippen molar-refractivity contribution in [3.8, 4) is 0 Å². The summed E-state index contributed by atoms with van der Waals surface area (Å²) in [5.41, 5.74) is 6.17. The van der Waals surface area contributed by atoms with Crippen molar-refractivity contribution in [1.29, 1.82) is 0 Å². The van der Waals surface area contributed by atoms with Crippen LogP contribution in [0.5, 0.6) is 0 Å². The second-order valence-electron chi connectivity index (χ2n) is 6.33. The lowest BCUT2D eigenvalue weighted by atomic mass is 9.76. The molecule has 1 saturated carbocycles. The molecule has 2 fully saturated rings. The molecule has 0 radical (unpaired) electrons. The minimum Gasteiger partial charge on any atom is -0.337 e. The van der Waals surface area contributed by atoms with E-state index in [2.05, 4.69) is 19.0 Å². The van der Waals surface area contributed by atoms with E-state index >= 15 is 0 Å². The van der Waals surface area contributed by atoms with E-state index < -0.39 is 5.54 Å². The normalized spacial score (nSPS) is 37.6. The summed E-state index contributed by atoms with van der Waals surface area (Å²) in [6.07, 6.45) is 5.54. The highest BCUT2D eigenvalue weighted by Crippen LogP contribution is 2.43. The van der Waals surface area contributed by atoms with Gasteiger partial charge in [0.05, 0.1) is 10.8 Å². The van der Waals surface area contributed by atoms with Gasteiger partial charge in [-0.3, -0.25) is 0 Å². The molecule has 3 rings (SSSR count). The monoisotopic (exact) mass is 327 g/mol. The van der Waals surface area contributed by atoms with E-state index in [4.69, 9.17) is 15.2 Å². The van der Waals surface area contributed by atoms with Crippen molar-refractivity contribution in [2.75, 3.05) is 11.5 Å². The van der Waals surface area contributed by atoms with Crippen molar-refractivity contribution >= 4 is 23.5 Å². The van der Waals surface area contributed by atoms with Crippen molar-refractivity contribution < 1.29 is 4.52 Å². The van der Waals surface area contributed by atoms with Crippen LogP contribution in [0.4, 0.5) is 0 Å². The van der Waals surface area contributed by atoms with Crippen molar-refractivity contribution in [3.63, 3.8) is 0 Å². The van der Waals surface area contributed by atoms with Crippen LogP contribution in [0, 0.1) is 5.92 Å². The largest absolute Gasteiger partial charge is 0.337 e. The third-order valence-electron chi connectivity index (χ3n) is 4.88. The van der Waals surface area contributed by atoms with Gasteiger partial charge < -0.3 is 10.3 Å². The van der Waals surface area contributed by atoms with E-state index in [0.29, 0.717) is 16.4 Å². The molecular formula is C15H25N3OS2. The topological polar surface area (TPSA) is 64.9 Å². The molecule has 1 aromatic rings. The van der Waals surface area contributed by atoms with Crippen LogP contribution < -0.4 is 5.73 Å². The molecule has 2 N–H and O–H groups in total. The van der Waals surface area contributed by atoms with Crippen molar-refractivity contribution in [1.82, 2.24) is 10.1 Å². The SMILES string of the molecule is CCC1CCC(N)(c2nc(C3SCCSC3C)no2)CC1. The van der Waals surface area contributed by atoms with Gasteiger partial charge in [0.15, 0.2) is 5.82 Å². The van der Waals surface area contributed by atoms with Gasteiger partial charge in [-0.1, -0.05) is 25.4 Å². The average molecular weight is 328 g/mol. The Morgan fingerprint density at radius 2 is 2.00 bits per heavy atom. The van der Waals surface area contributed by atoms with E-state index in [1.165, 1.54) is 25.0 Å². The van der Waals surface area contributed by atoms with Crippen LogP contribution in [-0.4, -0.2) is 26.9 Å². The lowest BCUT2D eigenvalue weighted by Crippen LogP contribution is -2.40. The Balaban J connectivity index is 1.72. The van der Waals surface area contributed by atoms with Crippen molar-refractivity contribution in [2.24, 2.45) is 11.7 Å². The van der Waals surface area contributed by atoms with Gasteiger partial charge in [0.25, 0.3) is 0 Å². The first-order valence-corrected chi connectivity index (χ1v) is 10.1. The van der Waals surface area contributed by atoms with Gasteiger partial charge >= 0.3 is 0 Å². The van der Waals surface area contributed by atoms with E-state index in [0.717, 1.165) is 30.3 Å². The maximum absolute atomic E-state index is 6.57. The fourth-order valence-corrected chi connectivity index (χ4v) is 5.96. The standard InChI is InChI=1S/C15H25N3OS2/c1-3-11-4-6-15(16,7-5-11)14-17-13(18-19-14)12-10(2)20-8-9-21-12/h10-12H,3-9,16H2,1-2H3. The Labute approximate surface area is 135 Å². The second kappa shape index (κ2) is 6.50. The fourth-order valence-electron chi connectivity index (χ4n) is 3.28. The molecule has 2 atom stereocenters. The quantitative estimate of drug-likeness (QED) is 0.912. The van der Waals surface area contributed by atoms with Crippen LogP contribution in [0.25, 0.3) is 0 Å². The number of hydrogen-bond acceptors (Lipinski definition) is 6. The van der Waals surface area contributed by atoms with E-state index in [-0.39, 0.29) is 0 Å². The molecule has 0 spiro atoms. The minimum atomic E-state index is -0.396. The predicted molar refractivity (Wildman–Crippen MR) is 89.5 cm³/mol. The first-order valence-electron chi connectivity index (χ1n) is 7.98. The Bertz CT molecular complexity index is 471. The lowest BCUT2D eigenvalue weighted by Gasteiger charge is -2.33. The molecule has 118 valence electrons. The van der Waals surface area contributed by atoms with Crippen molar-refractivity contribution in [3.05, 3.63) is 11.7 Å². The molecule has 2 heterocycles. The molecule has 6 heteroatoms. The number of rotatable bonds is 3. The summed E-state index contributed by atoms with van der Waals surface area (Å²) in [7, 11) is 0. The Kier molecular flexibility index (Phi) is 4.86. The Morgan fingerprint density at radius 1 is 1.29 bits per heavy atom. The molecule has 0 bridgehead atoms. The molecular weight excluding hydrogens is 302 g/mol. The lowest BCUT2D eigenvalue weighted by molar-refractivity contribution is 0.181. The molecule has 0 amide bonds. The van der Waals surface area contributed by atoms with Gasteiger partial charge in [-0.2, -0.15) is 16.7 Å². The van der Waals surface area contributed by atoms with E-state index in [1.54, 1.807) is 0 Å². The van der Waals surface area contributed by atoms with E-state index in [1.807, 2.05) is 23.5 Å². The summed E-state index contributed by atoms with van der Waals surface area (Å²) >= 11 is 3.94. The van der Waals surface area contributed by atoms with Gasteiger partial charge in [-0.05, 0) is 31.6 Å². The molecule has 2 unspecified atom stereocenters. The van der Waals surface area contributed by atoms with Gasteiger partial charge in [0.1, 0.15) is 0 Å². The van der Waals surface area contributed by atoms with Crippen LogP contribution in [0.2, 0.25) is 0 Å². The summed E-state index contributed by atoms with van der Waals surface area (Å²) in [5.74, 6) is 4.70. The highest BCUT2D eigenvalue weighted by Gasteiger charge is 2.39. The third kappa shape index (κ3) is 3.27. The van der Waals surface area contributed by atoms with Gasteiger partial charge in [-0.15, -0.1) is 11.8 Å². The summed E-state index contributed by atoms with van der Waals surface area (Å²) in [4.78, 5) is 4.69. The molecule has 1 aliphatic heterocycles. The number of thioether (sulfide) groups is 2. The average Bonchev–Trinajstić information content (AvgIpc) is 2.99. The molecule has 0 aromatic carbocycles. The molecule has 1 saturated heterocycles. The first kappa shape index (κ1) is 15.7. The second-order valence-corrected chi connectivity index (χ2v) is 9.07. The minimum absolute atomic E-state index is 0.344. The summed E-state index contributed by atoms with van der Waals surface area (Å²) < 4.78 is 5.57. The number of hydrogen-bond donors (Lipinski definition) is 1. The highest BCUT2D eigenvalue weighted by atomic mass is 32.2. The first-order chi connectivity index (χ1) is 10.1. The smallest absolute Gasteiger partial charge is 0.246 e. The number of aromatic nitrogens is 2. The molecule has 4 nitrogen and oxygen atoms in total. The summed E-state index contributed by atoms with van der Waals surface area (Å²) in [5, 5.41) is 5.13. The van der Waals surface area contributed by atoms with E-state index in [9.17, 15) is 0 Å². The Hall–Kier alpha value is -0.200. The van der Waals surface area contributed by atoms with Gasteiger partial charge in [0.2, 0.25) is 5.89 Å². The zero-order valence-corrected chi connectivity index (χ0v) is 14.5. The van der Waals surface area contributed by atoms with Crippen molar-refractivity contribution in [2.45, 2.75) is 62.0 Å². The van der Waals surface area contributed by atoms with Crippen LogP contribution in [0.15, 0.2) is 4.52 Å². The zero-order chi connectivity index (χ0) is 14.9. The maximum atomic E-state index is 6.57. The van der Waals surface area contributed by atoms with Crippen LogP contribution >= 0.6 is 23.5 Å². The van der Waals surface area contributed by atoms with Crippen LogP contribution in [0.3, 0.4) is 0 Å². The molecule has 2 aliphatic rings. The molecule has 1 aromatic heterocycles. The number of nitrogens with zero attached hydrogens (tertiary/aromatic N) is 2. The molecule has 21 heavy (non-hydrogen) atoms. The highest BCUT2D eigenvalue weighted by molar-refractivity contribution is 8.06. The van der Waals surface area contributed by atoms with Crippen LogP contribution in [-0.2, 0) is 5.54 Å². The molecule has 1 aliphatic carbocycles. The van der Waals surface area contributed by atoms with Gasteiger partial charge in [0, 0.05) is 16.8 Å².